The van der Waals surface area contributed by atoms with Crippen molar-refractivity contribution in [3.05, 3.63) is 29.3 Å². The van der Waals surface area contributed by atoms with Gasteiger partial charge in [0.1, 0.15) is 5.75 Å². The number of aryl methyl sites for hydroxylation is 1. The predicted molar refractivity (Wildman–Crippen MR) is 84.7 cm³/mol. The number of benzene rings is 1. The molecule has 0 radical (unpaired) electrons. The van der Waals surface area contributed by atoms with Crippen molar-refractivity contribution in [1.29, 1.82) is 0 Å². The van der Waals surface area contributed by atoms with E-state index in [9.17, 15) is 9.59 Å². The molecule has 1 N–H and O–H groups in total. The first-order chi connectivity index (χ1) is 10.9. The van der Waals surface area contributed by atoms with Crippen molar-refractivity contribution >= 4 is 11.9 Å². The summed E-state index contributed by atoms with van der Waals surface area (Å²) in [5, 5.41) is 8.98. The highest BCUT2D eigenvalue weighted by molar-refractivity contribution is 5.79. The number of carbonyl (C=O) groups is 2. The van der Waals surface area contributed by atoms with Gasteiger partial charge >= 0.3 is 5.97 Å². The van der Waals surface area contributed by atoms with Gasteiger partial charge in [0.05, 0.1) is 13.2 Å². The van der Waals surface area contributed by atoms with Crippen molar-refractivity contribution < 1.29 is 24.2 Å². The SMILES string of the molecule is Cc1ccc(C(C)C)c(OCC(=O)N2CCO[C@H](C(=O)O)C2)c1. The van der Waals surface area contributed by atoms with E-state index in [0.717, 1.165) is 11.1 Å². The van der Waals surface area contributed by atoms with Crippen molar-refractivity contribution in [3.8, 4) is 5.75 Å². The molecule has 6 heteroatoms. The lowest BCUT2D eigenvalue weighted by Crippen LogP contribution is -2.49. The molecule has 1 fully saturated rings. The van der Waals surface area contributed by atoms with Crippen molar-refractivity contribution in [2.45, 2.75) is 32.8 Å². The van der Waals surface area contributed by atoms with Crippen molar-refractivity contribution in [2.75, 3.05) is 26.3 Å². The number of hydrogen-bond donors (Lipinski definition) is 1. The summed E-state index contributed by atoms with van der Waals surface area (Å²) < 4.78 is 10.8. The molecule has 1 saturated heterocycles. The highest BCUT2D eigenvalue weighted by Crippen LogP contribution is 2.27. The second kappa shape index (κ2) is 7.46. The molecule has 6 nitrogen and oxygen atoms in total. The Hall–Kier alpha value is -2.08. The van der Waals surface area contributed by atoms with Gasteiger partial charge in [-0.3, -0.25) is 4.79 Å². The van der Waals surface area contributed by atoms with Gasteiger partial charge in [-0.25, -0.2) is 4.79 Å². The Morgan fingerprint density at radius 2 is 2.17 bits per heavy atom. The minimum Gasteiger partial charge on any atom is -0.483 e. The summed E-state index contributed by atoms with van der Waals surface area (Å²) in [5.74, 6) is -0.281. The molecule has 23 heavy (non-hydrogen) atoms. The topological polar surface area (TPSA) is 76.1 Å². The number of carboxylic acid groups (broad SMARTS) is 1. The second-order valence-corrected chi connectivity index (χ2v) is 6.02. The van der Waals surface area contributed by atoms with Crippen LogP contribution in [0.1, 0.15) is 30.9 Å². The predicted octanol–water partition coefficient (Wildman–Crippen LogP) is 1.81. The molecule has 1 heterocycles. The normalized spacial score (nSPS) is 18.1. The van der Waals surface area contributed by atoms with Crippen LogP contribution in [0.3, 0.4) is 0 Å². The molecule has 0 saturated carbocycles. The molecule has 1 aliphatic rings. The zero-order valence-electron chi connectivity index (χ0n) is 13.7. The zero-order chi connectivity index (χ0) is 17.0. The lowest BCUT2D eigenvalue weighted by Gasteiger charge is -2.30. The third-order valence-electron chi connectivity index (χ3n) is 3.84. The molecule has 1 aromatic rings. The van der Waals surface area contributed by atoms with Crippen LogP contribution in [-0.2, 0) is 14.3 Å². The van der Waals surface area contributed by atoms with Crippen LogP contribution in [0.25, 0.3) is 0 Å². The Labute approximate surface area is 136 Å². The fourth-order valence-corrected chi connectivity index (χ4v) is 2.50. The van der Waals surface area contributed by atoms with Crippen LogP contribution < -0.4 is 4.74 Å². The van der Waals surface area contributed by atoms with E-state index in [1.54, 1.807) is 0 Å². The number of ether oxygens (including phenoxy) is 2. The molecule has 0 unspecified atom stereocenters. The number of morpholine rings is 1. The van der Waals surface area contributed by atoms with Crippen LogP contribution >= 0.6 is 0 Å². The summed E-state index contributed by atoms with van der Waals surface area (Å²) in [7, 11) is 0. The number of carbonyl (C=O) groups excluding carboxylic acids is 1. The van der Waals surface area contributed by atoms with Gasteiger partial charge < -0.3 is 19.5 Å². The Balaban J connectivity index is 1.99. The molecule has 126 valence electrons. The smallest absolute Gasteiger partial charge is 0.334 e. The standard InChI is InChI=1S/C17H23NO5/c1-11(2)13-5-4-12(3)8-14(13)23-10-16(19)18-6-7-22-15(9-18)17(20)21/h4-5,8,11,15H,6-7,9-10H2,1-3H3,(H,20,21)/t15-/m0/s1. The quantitative estimate of drug-likeness (QED) is 0.895. The molecule has 0 spiro atoms. The highest BCUT2D eigenvalue weighted by atomic mass is 16.5. The minimum absolute atomic E-state index is 0.0579. The maximum Gasteiger partial charge on any atom is 0.334 e. The molecule has 1 atom stereocenters. The maximum atomic E-state index is 12.3. The molecule has 1 aliphatic heterocycles. The van der Waals surface area contributed by atoms with Crippen molar-refractivity contribution in [3.63, 3.8) is 0 Å². The van der Waals surface area contributed by atoms with Crippen LogP contribution in [0.5, 0.6) is 5.75 Å². The molecular formula is C17H23NO5. The number of amides is 1. The van der Waals surface area contributed by atoms with Crippen LogP contribution in [-0.4, -0.2) is 54.3 Å². The average molecular weight is 321 g/mol. The van der Waals surface area contributed by atoms with Crippen LogP contribution in [0.2, 0.25) is 0 Å². The van der Waals surface area contributed by atoms with E-state index in [1.807, 2.05) is 25.1 Å². The van der Waals surface area contributed by atoms with Gasteiger partial charge in [-0.2, -0.15) is 0 Å². The first-order valence-electron chi connectivity index (χ1n) is 7.74. The fraction of sp³-hybridized carbons (Fsp3) is 0.529. The highest BCUT2D eigenvalue weighted by Gasteiger charge is 2.29. The molecule has 1 aromatic carbocycles. The van der Waals surface area contributed by atoms with Crippen LogP contribution in [0.15, 0.2) is 18.2 Å². The van der Waals surface area contributed by atoms with Gasteiger partial charge in [-0.1, -0.05) is 26.0 Å². The van der Waals surface area contributed by atoms with Crippen molar-refractivity contribution in [1.82, 2.24) is 4.90 Å². The van der Waals surface area contributed by atoms with Crippen LogP contribution in [0.4, 0.5) is 0 Å². The number of aliphatic carboxylic acids is 1. The summed E-state index contributed by atoms with van der Waals surface area (Å²) >= 11 is 0. The summed E-state index contributed by atoms with van der Waals surface area (Å²) in [6, 6.07) is 5.94. The van der Waals surface area contributed by atoms with Gasteiger partial charge in [0, 0.05) is 6.54 Å². The third-order valence-corrected chi connectivity index (χ3v) is 3.84. The third kappa shape index (κ3) is 4.45. The summed E-state index contributed by atoms with van der Waals surface area (Å²) in [6.45, 7) is 6.68. The van der Waals surface area contributed by atoms with E-state index in [2.05, 4.69) is 13.8 Å². The van der Waals surface area contributed by atoms with E-state index in [0.29, 0.717) is 18.2 Å². The Bertz CT molecular complexity index is 584. The Morgan fingerprint density at radius 1 is 1.43 bits per heavy atom. The van der Waals surface area contributed by atoms with E-state index in [1.165, 1.54) is 4.90 Å². The van der Waals surface area contributed by atoms with Gasteiger partial charge in [0.15, 0.2) is 12.7 Å². The van der Waals surface area contributed by atoms with Gasteiger partial charge in [-0.05, 0) is 30.0 Å². The Kier molecular flexibility index (Phi) is 5.60. The lowest BCUT2D eigenvalue weighted by atomic mass is 10.0. The van der Waals surface area contributed by atoms with Gasteiger partial charge in [0.25, 0.3) is 5.91 Å². The van der Waals surface area contributed by atoms with Crippen LogP contribution in [0, 0.1) is 6.92 Å². The molecule has 0 aliphatic carbocycles. The lowest BCUT2D eigenvalue weighted by molar-refractivity contribution is -0.159. The number of hydrogen-bond acceptors (Lipinski definition) is 4. The maximum absolute atomic E-state index is 12.3. The largest absolute Gasteiger partial charge is 0.483 e. The number of rotatable bonds is 5. The summed E-state index contributed by atoms with van der Waals surface area (Å²) in [6.07, 6.45) is -0.960. The molecule has 0 bridgehead atoms. The van der Waals surface area contributed by atoms with E-state index >= 15 is 0 Å². The first kappa shape index (κ1) is 17.3. The zero-order valence-corrected chi connectivity index (χ0v) is 13.7. The molecule has 1 amide bonds. The van der Waals surface area contributed by atoms with E-state index < -0.39 is 12.1 Å². The average Bonchev–Trinajstić information content (AvgIpc) is 2.52. The number of carboxylic acids is 1. The van der Waals surface area contributed by atoms with E-state index in [4.69, 9.17) is 14.6 Å². The monoisotopic (exact) mass is 321 g/mol. The fourth-order valence-electron chi connectivity index (χ4n) is 2.50. The second-order valence-electron chi connectivity index (χ2n) is 6.02. The summed E-state index contributed by atoms with van der Waals surface area (Å²) in [4.78, 5) is 24.7. The van der Waals surface area contributed by atoms with E-state index in [-0.39, 0.29) is 25.7 Å². The molecule has 0 aromatic heterocycles. The number of nitrogens with zero attached hydrogens (tertiary/aromatic N) is 1. The van der Waals surface area contributed by atoms with Gasteiger partial charge in [0.2, 0.25) is 0 Å². The molecule has 2 rings (SSSR count). The summed E-state index contributed by atoms with van der Waals surface area (Å²) in [5.41, 5.74) is 2.11. The van der Waals surface area contributed by atoms with Crippen molar-refractivity contribution in [2.24, 2.45) is 0 Å². The first-order valence-corrected chi connectivity index (χ1v) is 7.74. The Morgan fingerprint density at radius 3 is 2.83 bits per heavy atom. The molecular weight excluding hydrogens is 298 g/mol. The minimum atomic E-state index is -1.05. The van der Waals surface area contributed by atoms with Gasteiger partial charge in [-0.15, -0.1) is 0 Å².